The predicted octanol–water partition coefficient (Wildman–Crippen LogP) is 2.42. The van der Waals surface area contributed by atoms with E-state index in [4.69, 9.17) is 5.10 Å². The molecular weight excluding hydrogens is 288 g/mol. The lowest BCUT2D eigenvalue weighted by Crippen LogP contribution is -2.21. The molecule has 4 aromatic rings. The van der Waals surface area contributed by atoms with Crippen LogP contribution in [0.4, 0.5) is 0 Å². The highest BCUT2D eigenvalue weighted by Crippen LogP contribution is 2.17. The summed E-state index contributed by atoms with van der Waals surface area (Å²) in [7, 11) is 0. The lowest BCUT2D eigenvalue weighted by atomic mass is 10.2. The van der Waals surface area contributed by atoms with Crippen LogP contribution in [-0.2, 0) is 6.54 Å². The zero-order valence-corrected chi connectivity index (χ0v) is 12.5. The molecule has 3 aromatic heterocycles. The molecule has 0 saturated carbocycles. The molecule has 0 bridgehead atoms. The van der Waals surface area contributed by atoms with Crippen molar-refractivity contribution in [2.45, 2.75) is 12.7 Å². The molecule has 0 unspecified atom stereocenters. The second-order valence-corrected chi connectivity index (χ2v) is 5.27. The zero-order valence-electron chi connectivity index (χ0n) is 12.5. The van der Waals surface area contributed by atoms with Gasteiger partial charge in [-0.05, 0) is 23.8 Å². The first-order valence-corrected chi connectivity index (χ1v) is 7.46. The molecule has 6 heteroatoms. The lowest BCUT2D eigenvalue weighted by molar-refractivity contribution is 0.405. The van der Waals surface area contributed by atoms with Crippen molar-refractivity contribution >= 4 is 0 Å². The van der Waals surface area contributed by atoms with Crippen LogP contribution in [0.1, 0.15) is 17.4 Å². The Bertz CT molecular complexity index is 812. The maximum absolute atomic E-state index is 4.71. The molecule has 4 rings (SSSR count). The molecule has 1 aromatic carbocycles. The first kappa shape index (κ1) is 13.5. The minimum absolute atomic E-state index is 0.183. The summed E-state index contributed by atoms with van der Waals surface area (Å²) in [5.41, 5.74) is 2.12. The number of nitrogens with zero attached hydrogens (tertiary/aromatic N) is 6. The smallest absolute Gasteiger partial charge is 0.187 e. The molecule has 0 radical (unpaired) electrons. The van der Waals surface area contributed by atoms with Crippen molar-refractivity contribution in [3.05, 3.63) is 90.8 Å². The molecule has 114 valence electrons. The van der Waals surface area contributed by atoms with Gasteiger partial charge in [0.25, 0.3) is 0 Å². The number of hydrogen-bond donors (Lipinski definition) is 0. The number of rotatable bonds is 5. The molecule has 0 spiro atoms. The van der Waals surface area contributed by atoms with Crippen molar-refractivity contribution in [2.75, 3.05) is 0 Å². The molecule has 3 heterocycles. The highest BCUT2D eigenvalue weighted by atomic mass is 15.5. The van der Waals surface area contributed by atoms with Gasteiger partial charge in [-0.3, -0.25) is 4.68 Å². The molecule has 6 nitrogen and oxygen atoms in total. The van der Waals surface area contributed by atoms with Gasteiger partial charge in [-0.2, -0.15) is 15.3 Å². The average molecular weight is 304 g/mol. The second-order valence-electron chi connectivity index (χ2n) is 5.27. The number of benzene rings is 1. The van der Waals surface area contributed by atoms with E-state index in [1.54, 1.807) is 12.4 Å². The fraction of sp³-hybridized carbons (Fsp3) is 0.118. The van der Waals surface area contributed by atoms with Gasteiger partial charge >= 0.3 is 0 Å². The van der Waals surface area contributed by atoms with E-state index in [2.05, 4.69) is 22.3 Å². The third-order valence-electron chi connectivity index (χ3n) is 3.66. The van der Waals surface area contributed by atoms with Crippen LogP contribution in [-0.4, -0.2) is 29.3 Å². The first-order valence-electron chi connectivity index (χ1n) is 7.46. The molecule has 0 N–H and O–H groups in total. The Hall–Kier alpha value is -3.15. The van der Waals surface area contributed by atoms with E-state index in [1.807, 2.05) is 69.0 Å². The fourth-order valence-electron chi connectivity index (χ4n) is 2.62. The quantitative estimate of drug-likeness (QED) is 0.569. The first-order chi connectivity index (χ1) is 11.4. The Morgan fingerprint density at radius 1 is 0.783 bits per heavy atom. The van der Waals surface area contributed by atoms with E-state index < -0.39 is 0 Å². The minimum atomic E-state index is -0.183. The number of hydrogen-bond acceptors (Lipinski definition) is 3. The minimum Gasteiger partial charge on any atom is -0.268 e. The summed E-state index contributed by atoms with van der Waals surface area (Å²) in [5, 5.41) is 13.4. The standard InChI is InChI=1S/C17H16N6/c1-2-6-15(7-3-1)14-21-13-8-16(20-21)17(22-11-4-9-18-22)23-12-5-10-19-23/h1-13,17H,14H2. The third-order valence-corrected chi connectivity index (χ3v) is 3.66. The molecule has 0 aliphatic heterocycles. The van der Waals surface area contributed by atoms with E-state index in [1.165, 1.54) is 5.56 Å². The van der Waals surface area contributed by atoms with Crippen molar-refractivity contribution in [1.29, 1.82) is 0 Å². The molecule has 0 atom stereocenters. The Balaban J connectivity index is 1.65. The molecule has 0 amide bonds. The van der Waals surface area contributed by atoms with Crippen LogP contribution in [0.2, 0.25) is 0 Å². The summed E-state index contributed by atoms with van der Waals surface area (Å²) in [4.78, 5) is 0. The Labute approximate surface area is 133 Å². The number of aromatic nitrogens is 6. The van der Waals surface area contributed by atoms with Crippen LogP contribution in [0.3, 0.4) is 0 Å². The predicted molar refractivity (Wildman–Crippen MR) is 85.8 cm³/mol. The van der Waals surface area contributed by atoms with Gasteiger partial charge in [0.05, 0.1) is 6.54 Å². The maximum atomic E-state index is 4.71. The van der Waals surface area contributed by atoms with E-state index in [0.29, 0.717) is 0 Å². The van der Waals surface area contributed by atoms with Crippen molar-refractivity contribution in [1.82, 2.24) is 29.3 Å². The average Bonchev–Trinajstić information content (AvgIpc) is 3.32. The van der Waals surface area contributed by atoms with Gasteiger partial charge in [-0.25, -0.2) is 9.36 Å². The SMILES string of the molecule is c1ccc(Cn2ccc(C(n3cccn3)n3cccn3)n2)cc1. The highest BCUT2D eigenvalue weighted by molar-refractivity contribution is 5.16. The van der Waals surface area contributed by atoms with Gasteiger partial charge in [0, 0.05) is 31.0 Å². The van der Waals surface area contributed by atoms with Crippen molar-refractivity contribution < 1.29 is 0 Å². The van der Waals surface area contributed by atoms with E-state index >= 15 is 0 Å². The van der Waals surface area contributed by atoms with Crippen molar-refractivity contribution in [2.24, 2.45) is 0 Å². The van der Waals surface area contributed by atoms with Gasteiger partial charge in [0.1, 0.15) is 5.69 Å². The molecule has 0 aliphatic carbocycles. The normalized spacial score (nSPS) is 11.2. The van der Waals surface area contributed by atoms with E-state index in [9.17, 15) is 0 Å². The summed E-state index contributed by atoms with van der Waals surface area (Å²) in [6, 6.07) is 16.1. The highest BCUT2D eigenvalue weighted by Gasteiger charge is 2.19. The topological polar surface area (TPSA) is 53.5 Å². The summed E-state index contributed by atoms with van der Waals surface area (Å²) in [5.74, 6) is 0. The largest absolute Gasteiger partial charge is 0.268 e. The summed E-state index contributed by atoms with van der Waals surface area (Å²) >= 11 is 0. The zero-order chi connectivity index (χ0) is 15.5. The van der Waals surface area contributed by atoms with Crippen LogP contribution >= 0.6 is 0 Å². The van der Waals surface area contributed by atoms with Crippen molar-refractivity contribution in [3.63, 3.8) is 0 Å². The van der Waals surface area contributed by atoms with Gasteiger partial charge in [-0.1, -0.05) is 30.3 Å². The van der Waals surface area contributed by atoms with Gasteiger partial charge in [-0.15, -0.1) is 0 Å². The summed E-state index contributed by atoms with van der Waals surface area (Å²) in [6.07, 6.45) is 9.17. The Kier molecular flexibility index (Phi) is 3.48. The Morgan fingerprint density at radius 2 is 1.48 bits per heavy atom. The van der Waals surface area contributed by atoms with Crippen LogP contribution in [0.25, 0.3) is 0 Å². The molecule has 0 aliphatic rings. The van der Waals surface area contributed by atoms with Crippen LogP contribution < -0.4 is 0 Å². The Morgan fingerprint density at radius 3 is 2.09 bits per heavy atom. The van der Waals surface area contributed by atoms with Gasteiger partial charge < -0.3 is 0 Å². The van der Waals surface area contributed by atoms with Gasteiger partial charge in [0.15, 0.2) is 6.17 Å². The molecule has 23 heavy (non-hydrogen) atoms. The van der Waals surface area contributed by atoms with E-state index in [-0.39, 0.29) is 6.17 Å². The molecular formula is C17H16N6. The third kappa shape index (κ3) is 2.78. The van der Waals surface area contributed by atoms with Crippen LogP contribution in [0.15, 0.2) is 79.5 Å². The van der Waals surface area contributed by atoms with Gasteiger partial charge in [0.2, 0.25) is 0 Å². The van der Waals surface area contributed by atoms with E-state index in [0.717, 1.165) is 12.2 Å². The molecule has 0 fully saturated rings. The lowest BCUT2D eigenvalue weighted by Gasteiger charge is -2.16. The monoisotopic (exact) mass is 304 g/mol. The van der Waals surface area contributed by atoms with Crippen LogP contribution in [0, 0.1) is 0 Å². The summed E-state index contributed by atoms with van der Waals surface area (Å²) in [6.45, 7) is 0.742. The van der Waals surface area contributed by atoms with Crippen LogP contribution in [0.5, 0.6) is 0 Å². The van der Waals surface area contributed by atoms with Crippen molar-refractivity contribution in [3.8, 4) is 0 Å². The maximum Gasteiger partial charge on any atom is 0.187 e. The molecule has 0 saturated heterocycles. The fourth-order valence-corrected chi connectivity index (χ4v) is 2.62. The second kappa shape index (κ2) is 5.92. The summed E-state index contributed by atoms with van der Waals surface area (Å²) < 4.78 is 5.63.